The standard InChI is InChI=1S/C13H20N2O3/c16-13-5-2-1-4-12(13)14-18-9-3-6-15-7-10-17-11-8-15/h1-2,4-5,14,16H,3,6-11H2. The molecule has 0 aromatic heterocycles. The average Bonchev–Trinajstić information content (AvgIpc) is 2.42. The molecule has 5 nitrogen and oxygen atoms in total. The van der Waals surface area contributed by atoms with Crippen LogP contribution in [-0.2, 0) is 9.57 Å². The van der Waals surface area contributed by atoms with E-state index in [0.717, 1.165) is 39.3 Å². The molecular weight excluding hydrogens is 232 g/mol. The molecule has 0 unspecified atom stereocenters. The Morgan fingerprint density at radius 3 is 2.83 bits per heavy atom. The monoisotopic (exact) mass is 252 g/mol. The van der Waals surface area contributed by atoms with Crippen molar-refractivity contribution in [3.05, 3.63) is 24.3 Å². The molecule has 2 N–H and O–H groups in total. The zero-order chi connectivity index (χ0) is 12.6. The van der Waals surface area contributed by atoms with Crippen LogP contribution in [0.3, 0.4) is 0 Å². The van der Waals surface area contributed by atoms with Gasteiger partial charge in [0, 0.05) is 19.6 Å². The van der Waals surface area contributed by atoms with Crippen LogP contribution in [0, 0.1) is 0 Å². The second-order valence-corrected chi connectivity index (χ2v) is 4.28. The molecule has 0 atom stereocenters. The molecule has 0 aliphatic carbocycles. The lowest BCUT2D eigenvalue weighted by molar-refractivity contribution is 0.0339. The van der Waals surface area contributed by atoms with Crippen LogP contribution in [0.15, 0.2) is 24.3 Å². The van der Waals surface area contributed by atoms with Gasteiger partial charge in [0.25, 0.3) is 0 Å². The van der Waals surface area contributed by atoms with E-state index in [0.29, 0.717) is 12.3 Å². The lowest BCUT2D eigenvalue weighted by atomic mass is 10.3. The van der Waals surface area contributed by atoms with Crippen LogP contribution >= 0.6 is 0 Å². The summed E-state index contributed by atoms with van der Waals surface area (Å²) in [4.78, 5) is 7.69. The number of benzene rings is 1. The van der Waals surface area contributed by atoms with Crippen LogP contribution in [-0.4, -0.2) is 49.5 Å². The van der Waals surface area contributed by atoms with Crippen LogP contribution in [0.2, 0.25) is 0 Å². The van der Waals surface area contributed by atoms with E-state index in [9.17, 15) is 5.11 Å². The number of rotatable bonds is 6. The highest BCUT2D eigenvalue weighted by Gasteiger charge is 2.09. The highest BCUT2D eigenvalue weighted by molar-refractivity contribution is 5.53. The lowest BCUT2D eigenvalue weighted by Crippen LogP contribution is -2.37. The molecule has 0 radical (unpaired) electrons. The van der Waals surface area contributed by atoms with Gasteiger partial charge in [0.15, 0.2) is 0 Å². The van der Waals surface area contributed by atoms with E-state index in [1.165, 1.54) is 0 Å². The highest BCUT2D eigenvalue weighted by atomic mass is 16.6. The third-order valence-electron chi connectivity index (χ3n) is 2.91. The van der Waals surface area contributed by atoms with Gasteiger partial charge in [-0.1, -0.05) is 12.1 Å². The van der Waals surface area contributed by atoms with Crippen LogP contribution < -0.4 is 5.48 Å². The van der Waals surface area contributed by atoms with Gasteiger partial charge in [-0.25, -0.2) is 0 Å². The molecule has 1 aromatic carbocycles. The number of anilines is 1. The van der Waals surface area contributed by atoms with E-state index in [1.807, 2.05) is 6.07 Å². The number of phenols is 1. The highest BCUT2D eigenvalue weighted by Crippen LogP contribution is 2.21. The minimum absolute atomic E-state index is 0.200. The number of morpholine rings is 1. The fraction of sp³-hybridized carbons (Fsp3) is 0.538. The second kappa shape index (κ2) is 7.20. The normalized spacial score (nSPS) is 16.7. The molecular formula is C13H20N2O3. The zero-order valence-corrected chi connectivity index (χ0v) is 10.5. The van der Waals surface area contributed by atoms with Crippen molar-refractivity contribution in [2.75, 3.05) is 44.9 Å². The van der Waals surface area contributed by atoms with Crippen molar-refractivity contribution in [2.45, 2.75) is 6.42 Å². The van der Waals surface area contributed by atoms with Gasteiger partial charge in [-0.2, -0.15) is 0 Å². The SMILES string of the molecule is Oc1ccccc1NOCCCN1CCOCC1. The van der Waals surface area contributed by atoms with Gasteiger partial charge in [0.2, 0.25) is 0 Å². The first-order valence-electron chi connectivity index (χ1n) is 6.32. The third kappa shape index (κ3) is 4.18. The van der Waals surface area contributed by atoms with Crippen molar-refractivity contribution < 1.29 is 14.7 Å². The molecule has 1 heterocycles. The number of phenolic OH excluding ortho intramolecular Hbond substituents is 1. The Morgan fingerprint density at radius 2 is 2.06 bits per heavy atom. The van der Waals surface area contributed by atoms with Crippen molar-refractivity contribution >= 4 is 5.69 Å². The maximum atomic E-state index is 9.51. The maximum Gasteiger partial charge on any atom is 0.140 e. The Labute approximate surface area is 107 Å². The Hall–Kier alpha value is -1.30. The summed E-state index contributed by atoms with van der Waals surface area (Å²) in [6.07, 6.45) is 0.959. The predicted octanol–water partition coefficient (Wildman–Crippen LogP) is 1.46. The lowest BCUT2D eigenvalue weighted by Gasteiger charge is -2.26. The summed E-state index contributed by atoms with van der Waals surface area (Å²) in [7, 11) is 0. The first-order chi connectivity index (χ1) is 8.86. The molecule has 0 saturated carbocycles. The van der Waals surface area contributed by atoms with E-state index >= 15 is 0 Å². The van der Waals surface area contributed by atoms with Crippen LogP contribution in [0.25, 0.3) is 0 Å². The number of ether oxygens (including phenoxy) is 1. The Bertz CT molecular complexity index is 354. The number of nitrogens with zero attached hydrogens (tertiary/aromatic N) is 1. The molecule has 100 valence electrons. The first-order valence-corrected chi connectivity index (χ1v) is 6.32. The third-order valence-corrected chi connectivity index (χ3v) is 2.91. The molecule has 0 amide bonds. The summed E-state index contributed by atoms with van der Waals surface area (Å²) in [5.41, 5.74) is 3.36. The summed E-state index contributed by atoms with van der Waals surface area (Å²) in [5, 5.41) is 9.51. The number of para-hydroxylation sites is 2. The van der Waals surface area contributed by atoms with Crippen LogP contribution in [0.5, 0.6) is 5.75 Å². The quantitative estimate of drug-likeness (QED) is 0.456. The minimum atomic E-state index is 0.200. The molecule has 0 spiro atoms. The average molecular weight is 252 g/mol. The van der Waals surface area contributed by atoms with Crippen molar-refractivity contribution in [3.8, 4) is 5.75 Å². The summed E-state index contributed by atoms with van der Waals surface area (Å²) in [6.45, 7) is 5.31. The summed E-state index contributed by atoms with van der Waals surface area (Å²) in [5.74, 6) is 0.200. The van der Waals surface area contributed by atoms with E-state index in [2.05, 4.69) is 10.4 Å². The molecule has 1 aromatic rings. The van der Waals surface area contributed by atoms with E-state index < -0.39 is 0 Å². The van der Waals surface area contributed by atoms with Crippen molar-refractivity contribution in [1.82, 2.24) is 4.90 Å². The van der Waals surface area contributed by atoms with Gasteiger partial charge < -0.3 is 9.84 Å². The molecule has 1 saturated heterocycles. The topological polar surface area (TPSA) is 54.0 Å². The molecule has 0 bridgehead atoms. The number of hydrogen-bond donors (Lipinski definition) is 2. The molecule has 1 aliphatic heterocycles. The summed E-state index contributed by atoms with van der Waals surface area (Å²) in [6, 6.07) is 7.02. The number of nitrogens with one attached hydrogen (secondary N) is 1. The molecule has 1 aliphatic rings. The smallest absolute Gasteiger partial charge is 0.140 e. The molecule has 18 heavy (non-hydrogen) atoms. The van der Waals surface area contributed by atoms with Gasteiger partial charge in [0.05, 0.1) is 19.8 Å². The largest absolute Gasteiger partial charge is 0.506 e. The van der Waals surface area contributed by atoms with E-state index in [-0.39, 0.29) is 5.75 Å². The first kappa shape index (κ1) is 13.1. The summed E-state index contributed by atoms with van der Waals surface area (Å²) < 4.78 is 5.29. The van der Waals surface area contributed by atoms with Crippen molar-refractivity contribution in [1.29, 1.82) is 0 Å². The molecule has 5 heteroatoms. The van der Waals surface area contributed by atoms with Crippen LogP contribution in [0.4, 0.5) is 5.69 Å². The van der Waals surface area contributed by atoms with Crippen molar-refractivity contribution in [2.24, 2.45) is 0 Å². The fourth-order valence-electron chi connectivity index (χ4n) is 1.87. The Balaban J connectivity index is 1.57. The number of hydrogen-bond acceptors (Lipinski definition) is 5. The predicted molar refractivity (Wildman–Crippen MR) is 69.6 cm³/mol. The van der Waals surface area contributed by atoms with Gasteiger partial charge >= 0.3 is 0 Å². The Morgan fingerprint density at radius 1 is 1.28 bits per heavy atom. The zero-order valence-electron chi connectivity index (χ0n) is 10.5. The van der Waals surface area contributed by atoms with E-state index in [4.69, 9.17) is 9.57 Å². The van der Waals surface area contributed by atoms with Gasteiger partial charge in [-0.15, -0.1) is 0 Å². The minimum Gasteiger partial charge on any atom is -0.506 e. The number of aromatic hydroxyl groups is 1. The summed E-state index contributed by atoms with van der Waals surface area (Å²) >= 11 is 0. The van der Waals surface area contributed by atoms with Gasteiger partial charge in [-0.05, 0) is 18.6 Å². The van der Waals surface area contributed by atoms with Crippen LogP contribution in [0.1, 0.15) is 6.42 Å². The maximum absolute atomic E-state index is 9.51. The Kier molecular flexibility index (Phi) is 5.26. The van der Waals surface area contributed by atoms with Gasteiger partial charge in [-0.3, -0.25) is 15.2 Å². The van der Waals surface area contributed by atoms with Crippen molar-refractivity contribution in [3.63, 3.8) is 0 Å². The van der Waals surface area contributed by atoms with Gasteiger partial charge in [0.1, 0.15) is 11.4 Å². The van der Waals surface area contributed by atoms with E-state index in [1.54, 1.807) is 18.2 Å². The molecule has 1 fully saturated rings. The fourth-order valence-corrected chi connectivity index (χ4v) is 1.87. The second-order valence-electron chi connectivity index (χ2n) is 4.28. The molecule has 2 rings (SSSR count).